The van der Waals surface area contributed by atoms with E-state index in [9.17, 15) is 8.42 Å². The predicted octanol–water partition coefficient (Wildman–Crippen LogP) is 0.396. The van der Waals surface area contributed by atoms with Crippen LogP contribution in [0.2, 0.25) is 0 Å². The van der Waals surface area contributed by atoms with Gasteiger partial charge < -0.3 is 5.43 Å². The molecule has 0 saturated carbocycles. The van der Waals surface area contributed by atoms with Crippen LogP contribution in [0.15, 0.2) is 23.2 Å². The molecule has 0 aliphatic rings. The number of nitrogens with one attached hydrogen (secondary N) is 1. The summed E-state index contributed by atoms with van der Waals surface area (Å²) in [5.74, 6) is 5.57. The summed E-state index contributed by atoms with van der Waals surface area (Å²) in [4.78, 5) is 4.02. The molecule has 0 spiro atoms. The van der Waals surface area contributed by atoms with Crippen molar-refractivity contribution in [3.63, 3.8) is 0 Å². The molecule has 3 N–H and O–H groups in total. The molecular weight excluding hydrogens is 228 g/mol. The Balaban J connectivity index is 3.08. The number of pyridine rings is 1. The van der Waals surface area contributed by atoms with Crippen molar-refractivity contribution in [1.29, 1.82) is 0 Å². The highest BCUT2D eigenvalue weighted by Crippen LogP contribution is 2.16. The van der Waals surface area contributed by atoms with Gasteiger partial charge in [-0.15, -0.1) is 0 Å². The number of rotatable bonds is 4. The lowest BCUT2D eigenvalue weighted by atomic mass is 10.4. The van der Waals surface area contributed by atoms with Gasteiger partial charge in [-0.25, -0.2) is 19.2 Å². The molecule has 0 aliphatic carbocycles. The number of anilines is 1. The van der Waals surface area contributed by atoms with E-state index in [1.54, 1.807) is 13.8 Å². The lowest BCUT2D eigenvalue weighted by molar-refractivity contribution is 0.410. The van der Waals surface area contributed by atoms with Crippen LogP contribution < -0.4 is 11.3 Å². The van der Waals surface area contributed by atoms with Gasteiger partial charge in [-0.2, -0.15) is 4.31 Å². The van der Waals surface area contributed by atoms with Gasteiger partial charge >= 0.3 is 0 Å². The quantitative estimate of drug-likeness (QED) is 0.591. The first kappa shape index (κ1) is 12.9. The number of hydrogen-bond acceptors (Lipinski definition) is 5. The van der Waals surface area contributed by atoms with Gasteiger partial charge in [-0.05, 0) is 26.0 Å². The maximum atomic E-state index is 12.0. The van der Waals surface area contributed by atoms with E-state index in [0.717, 1.165) is 0 Å². The summed E-state index contributed by atoms with van der Waals surface area (Å²) in [6.45, 7) is 3.61. The minimum atomic E-state index is -3.46. The molecule has 0 radical (unpaired) electrons. The van der Waals surface area contributed by atoms with Crippen molar-refractivity contribution in [2.24, 2.45) is 5.84 Å². The molecule has 0 unspecified atom stereocenters. The van der Waals surface area contributed by atoms with Crippen LogP contribution in [-0.2, 0) is 10.0 Å². The van der Waals surface area contributed by atoms with E-state index < -0.39 is 10.0 Å². The zero-order valence-electron chi connectivity index (χ0n) is 9.51. The fourth-order valence-electron chi connectivity index (χ4n) is 1.06. The minimum absolute atomic E-state index is 0.0997. The molecule has 0 atom stereocenters. The average Bonchev–Trinajstić information content (AvgIpc) is 2.28. The van der Waals surface area contributed by atoms with Crippen LogP contribution in [0, 0.1) is 0 Å². The van der Waals surface area contributed by atoms with Gasteiger partial charge in [-0.3, -0.25) is 0 Å². The molecule has 7 heteroatoms. The summed E-state index contributed by atoms with van der Waals surface area (Å²) in [5, 5.41) is 0. The van der Waals surface area contributed by atoms with Crippen molar-refractivity contribution in [2.75, 3.05) is 12.5 Å². The van der Waals surface area contributed by atoms with Crippen molar-refractivity contribution >= 4 is 15.8 Å². The molecule has 0 aromatic carbocycles. The summed E-state index contributed by atoms with van der Waals surface area (Å²) >= 11 is 0. The molecular formula is C9H16N4O2S. The van der Waals surface area contributed by atoms with E-state index in [2.05, 4.69) is 10.4 Å². The fraction of sp³-hybridized carbons (Fsp3) is 0.444. The van der Waals surface area contributed by atoms with Gasteiger partial charge in [0.1, 0.15) is 10.7 Å². The molecule has 0 fully saturated rings. The first-order valence-electron chi connectivity index (χ1n) is 4.80. The van der Waals surface area contributed by atoms with Gasteiger partial charge in [0, 0.05) is 19.3 Å². The second kappa shape index (κ2) is 4.77. The molecule has 1 heterocycles. The van der Waals surface area contributed by atoms with Gasteiger partial charge in [0.2, 0.25) is 10.0 Å². The van der Waals surface area contributed by atoms with Crippen LogP contribution in [0.25, 0.3) is 0 Å². The Morgan fingerprint density at radius 1 is 1.44 bits per heavy atom. The number of hydrogen-bond donors (Lipinski definition) is 2. The van der Waals surface area contributed by atoms with Crippen molar-refractivity contribution in [3.05, 3.63) is 18.3 Å². The molecule has 0 amide bonds. The van der Waals surface area contributed by atoms with E-state index in [0.29, 0.717) is 5.82 Å². The molecule has 0 aliphatic heterocycles. The van der Waals surface area contributed by atoms with Gasteiger partial charge in [0.05, 0.1) is 0 Å². The predicted molar refractivity (Wildman–Crippen MR) is 62.1 cm³/mol. The number of nitrogens with two attached hydrogens (primary N) is 1. The van der Waals surface area contributed by atoms with Crippen LogP contribution >= 0.6 is 0 Å². The second-order valence-corrected chi connectivity index (χ2v) is 5.64. The number of nitrogen functional groups attached to an aromatic ring is 1. The minimum Gasteiger partial charge on any atom is -0.308 e. The second-order valence-electron chi connectivity index (χ2n) is 3.64. The fourth-order valence-corrected chi connectivity index (χ4v) is 2.38. The van der Waals surface area contributed by atoms with Gasteiger partial charge in [-0.1, -0.05) is 0 Å². The van der Waals surface area contributed by atoms with Crippen molar-refractivity contribution < 1.29 is 8.42 Å². The molecule has 16 heavy (non-hydrogen) atoms. The van der Waals surface area contributed by atoms with Gasteiger partial charge in [0.15, 0.2) is 0 Å². The third-order valence-corrected chi connectivity index (χ3v) is 4.31. The van der Waals surface area contributed by atoms with Crippen LogP contribution in [0.5, 0.6) is 0 Å². The van der Waals surface area contributed by atoms with Crippen LogP contribution in [-0.4, -0.2) is 30.8 Å². The molecule has 0 bridgehead atoms. The Bertz CT molecular complexity index is 441. The van der Waals surface area contributed by atoms with Crippen molar-refractivity contribution in [3.8, 4) is 0 Å². The normalized spacial score (nSPS) is 12.1. The molecule has 1 aromatic rings. The van der Waals surface area contributed by atoms with E-state index in [-0.39, 0.29) is 10.9 Å². The van der Waals surface area contributed by atoms with Crippen LogP contribution in [0.1, 0.15) is 13.8 Å². The number of hydrazine groups is 1. The summed E-state index contributed by atoms with van der Waals surface area (Å²) in [5.41, 5.74) is 2.34. The first-order valence-corrected chi connectivity index (χ1v) is 6.24. The van der Waals surface area contributed by atoms with E-state index in [1.807, 2.05) is 0 Å². The van der Waals surface area contributed by atoms with E-state index >= 15 is 0 Å². The topological polar surface area (TPSA) is 88.3 Å². The zero-order chi connectivity index (χ0) is 12.3. The third-order valence-electron chi connectivity index (χ3n) is 2.29. The maximum absolute atomic E-state index is 12.0. The Morgan fingerprint density at radius 3 is 2.44 bits per heavy atom. The van der Waals surface area contributed by atoms with Gasteiger partial charge in [0.25, 0.3) is 0 Å². The maximum Gasteiger partial charge on any atom is 0.244 e. The molecule has 1 aromatic heterocycles. The van der Waals surface area contributed by atoms with Crippen molar-refractivity contribution in [2.45, 2.75) is 24.8 Å². The standard InChI is InChI=1S/C9H16N4O2S/c1-7(2)13(3)16(14,15)8-4-5-9(12-10)11-6-8/h4-7H,10H2,1-3H3,(H,11,12). The largest absolute Gasteiger partial charge is 0.308 e. The van der Waals surface area contributed by atoms with E-state index in [1.165, 1.54) is 29.7 Å². The highest BCUT2D eigenvalue weighted by Gasteiger charge is 2.23. The highest BCUT2D eigenvalue weighted by atomic mass is 32.2. The monoisotopic (exact) mass is 244 g/mol. The van der Waals surface area contributed by atoms with E-state index in [4.69, 9.17) is 5.84 Å². The highest BCUT2D eigenvalue weighted by molar-refractivity contribution is 7.89. The number of nitrogens with zero attached hydrogens (tertiary/aromatic N) is 2. The Hall–Kier alpha value is -1.18. The average molecular weight is 244 g/mol. The third kappa shape index (κ3) is 2.49. The first-order chi connectivity index (χ1) is 7.39. The van der Waals surface area contributed by atoms with Crippen LogP contribution in [0.3, 0.4) is 0 Å². The summed E-state index contributed by atoms with van der Waals surface area (Å²) in [6, 6.07) is 2.88. The number of aromatic nitrogens is 1. The molecule has 1 rings (SSSR count). The number of sulfonamides is 1. The summed E-state index contributed by atoms with van der Waals surface area (Å²) in [6.07, 6.45) is 1.28. The lowest BCUT2D eigenvalue weighted by Crippen LogP contribution is -2.33. The molecule has 6 nitrogen and oxygen atoms in total. The Labute approximate surface area is 95.5 Å². The van der Waals surface area contributed by atoms with Crippen LogP contribution in [0.4, 0.5) is 5.82 Å². The SMILES string of the molecule is CC(C)N(C)S(=O)(=O)c1ccc(NN)nc1. The lowest BCUT2D eigenvalue weighted by Gasteiger charge is -2.20. The Kier molecular flexibility index (Phi) is 3.84. The summed E-state index contributed by atoms with van der Waals surface area (Å²) < 4.78 is 25.3. The summed E-state index contributed by atoms with van der Waals surface area (Å²) in [7, 11) is -1.92. The van der Waals surface area contributed by atoms with Crippen molar-refractivity contribution in [1.82, 2.24) is 9.29 Å². The Morgan fingerprint density at radius 2 is 2.06 bits per heavy atom. The molecule has 90 valence electrons. The zero-order valence-corrected chi connectivity index (χ0v) is 10.3. The molecule has 0 saturated heterocycles. The smallest absolute Gasteiger partial charge is 0.244 e.